The van der Waals surface area contributed by atoms with Gasteiger partial charge < -0.3 is 19.9 Å². The summed E-state index contributed by atoms with van der Waals surface area (Å²) in [6, 6.07) is 20.0. The standard InChI is InChI=1S/C55H84FNO4/c1-2-3-4-5-6-7-8-9-10-11-12-13-14-15-16-17-20-23-26-31-41-59-42-32-27-24-21-18-19-22-25-28-33-43-60-49-39-40-51-50-37-29-30-38-52(50)55(53(51)45-49,61-54(58)46-57)47-35-34-36-48(56)44-47/h29-30,34-40,44-45H,2-28,31-33,41-43,46,57H2,1H3. The molecule has 0 amide bonds. The Balaban J connectivity index is 0.926. The van der Waals surface area contributed by atoms with E-state index < -0.39 is 17.4 Å². The highest BCUT2D eigenvalue weighted by atomic mass is 19.1. The highest BCUT2D eigenvalue weighted by molar-refractivity contribution is 5.85. The molecule has 0 heterocycles. The van der Waals surface area contributed by atoms with Gasteiger partial charge in [-0.25, -0.2) is 4.39 Å². The molecule has 61 heavy (non-hydrogen) atoms. The first-order chi connectivity index (χ1) is 30.1. The number of benzene rings is 3. The van der Waals surface area contributed by atoms with Crippen LogP contribution in [0, 0.1) is 5.82 Å². The van der Waals surface area contributed by atoms with Gasteiger partial charge in [0.2, 0.25) is 0 Å². The number of nitrogens with two attached hydrogens (primary N) is 1. The normalized spacial score (nSPS) is 14.3. The topological polar surface area (TPSA) is 70.8 Å². The molecular weight excluding hydrogens is 758 g/mol. The molecule has 0 aromatic heterocycles. The monoisotopic (exact) mass is 842 g/mol. The smallest absolute Gasteiger partial charge is 0.321 e. The average molecular weight is 842 g/mol. The molecule has 1 aliphatic rings. The Morgan fingerprint density at radius 3 is 1.46 bits per heavy atom. The summed E-state index contributed by atoms with van der Waals surface area (Å²) in [5.74, 6) is -0.252. The molecular formula is C55H84FNO4. The Morgan fingerprint density at radius 1 is 0.508 bits per heavy atom. The van der Waals surface area contributed by atoms with E-state index in [1.165, 1.54) is 192 Å². The van der Waals surface area contributed by atoms with E-state index in [0.29, 0.717) is 17.9 Å². The minimum atomic E-state index is -1.32. The second kappa shape index (κ2) is 31.6. The molecule has 1 unspecified atom stereocenters. The molecule has 1 atom stereocenters. The van der Waals surface area contributed by atoms with E-state index in [1.54, 1.807) is 12.1 Å². The first kappa shape index (κ1) is 50.4. The van der Waals surface area contributed by atoms with E-state index in [4.69, 9.17) is 19.9 Å². The maximum Gasteiger partial charge on any atom is 0.321 e. The molecule has 340 valence electrons. The largest absolute Gasteiger partial charge is 0.494 e. The van der Waals surface area contributed by atoms with Crippen LogP contribution < -0.4 is 10.5 Å². The van der Waals surface area contributed by atoms with Gasteiger partial charge in [0, 0.05) is 29.9 Å². The van der Waals surface area contributed by atoms with Gasteiger partial charge in [0.05, 0.1) is 13.2 Å². The van der Waals surface area contributed by atoms with Gasteiger partial charge in [-0.1, -0.05) is 223 Å². The maximum absolute atomic E-state index is 14.6. The lowest BCUT2D eigenvalue weighted by Gasteiger charge is -2.32. The van der Waals surface area contributed by atoms with Crippen LogP contribution in [0.4, 0.5) is 4.39 Å². The number of fused-ring (bicyclic) bond motifs is 3. The number of hydrogen-bond donors (Lipinski definition) is 1. The fourth-order valence-electron chi connectivity index (χ4n) is 9.18. The molecule has 4 rings (SSSR count). The quantitative estimate of drug-likeness (QED) is 0.0460. The number of hydrogen-bond acceptors (Lipinski definition) is 5. The lowest BCUT2D eigenvalue weighted by Crippen LogP contribution is -2.35. The van der Waals surface area contributed by atoms with Crippen molar-refractivity contribution in [3.63, 3.8) is 0 Å². The van der Waals surface area contributed by atoms with Gasteiger partial charge in [0.25, 0.3) is 0 Å². The third kappa shape index (κ3) is 18.6. The molecule has 0 fully saturated rings. The minimum Gasteiger partial charge on any atom is -0.494 e. The molecule has 6 heteroatoms. The van der Waals surface area contributed by atoms with Crippen molar-refractivity contribution < 1.29 is 23.4 Å². The maximum atomic E-state index is 14.6. The predicted octanol–water partition coefficient (Wildman–Crippen LogP) is 15.7. The van der Waals surface area contributed by atoms with Crippen LogP contribution in [0.1, 0.15) is 216 Å². The minimum absolute atomic E-state index is 0.278. The van der Waals surface area contributed by atoms with Gasteiger partial charge in [-0.3, -0.25) is 4.79 Å². The Hall–Kier alpha value is -3.22. The van der Waals surface area contributed by atoms with Crippen LogP contribution in [0.5, 0.6) is 5.75 Å². The van der Waals surface area contributed by atoms with Crippen molar-refractivity contribution in [3.05, 3.63) is 89.2 Å². The van der Waals surface area contributed by atoms with Crippen LogP contribution in [0.3, 0.4) is 0 Å². The second-order valence-corrected chi connectivity index (χ2v) is 17.8. The predicted molar refractivity (Wildman–Crippen MR) is 254 cm³/mol. The lowest BCUT2D eigenvalue weighted by atomic mass is 9.83. The summed E-state index contributed by atoms with van der Waals surface area (Å²) >= 11 is 0. The first-order valence-corrected chi connectivity index (χ1v) is 25.2. The molecule has 0 spiro atoms. The van der Waals surface area contributed by atoms with E-state index in [-0.39, 0.29) is 6.54 Å². The van der Waals surface area contributed by atoms with Crippen LogP contribution in [0.25, 0.3) is 11.1 Å². The summed E-state index contributed by atoms with van der Waals surface area (Å²) in [5, 5.41) is 0. The zero-order valence-electron chi connectivity index (χ0n) is 38.5. The van der Waals surface area contributed by atoms with E-state index in [1.807, 2.05) is 42.5 Å². The molecule has 3 aromatic carbocycles. The Morgan fingerprint density at radius 2 is 0.967 bits per heavy atom. The van der Waals surface area contributed by atoms with Crippen molar-refractivity contribution in [3.8, 4) is 16.9 Å². The van der Waals surface area contributed by atoms with Crippen molar-refractivity contribution in [2.24, 2.45) is 5.73 Å². The third-order valence-electron chi connectivity index (χ3n) is 12.7. The number of rotatable bonds is 38. The second-order valence-electron chi connectivity index (χ2n) is 17.8. The molecule has 0 radical (unpaired) electrons. The molecule has 0 saturated carbocycles. The van der Waals surface area contributed by atoms with Crippen LogP contribution in [0.2, 0.25) is 0 Å². The van der Waals surface area contributed by atoms with Crippen molar-refractivity contribution in [1.29, 1.82) is 0 Å². The highest BCUT2D eigenvalue weighted by Crippen LogP contribution is 2.54. The van der Waals surface area contributed by atoms with E-state index in [2.05, 4.69) is 6.92 Å². The fraction of sp³-hybridized carbons (Fsp3) is 0.655. The van der Waals surface area contributed by atoms with Gasteiger partial charge in [0.15, 0.2) is 5.60 Å². The number of esters is 1. The van der Waals surface area contributed by atoms with Crippen LogP contribution >= 0.6 is 0 Å². The summed E-state index contributed by atoms with van der Waals surface area (Å²) in [6.45, 7) is 4.50. The molecule has 0 saturated heterocycles. The first-order valence-electron chi connectivity index (χ1n) is 25.2. The molecule has 1 aliphatic carbocycles. The van der Waals surface area contributed by atoms with Crippen LogP contribution in [-0.4, -0.2) is 32.3 Å². The van der Waals surface area contributed by atoms with Crippen LogP contribution in [-0.2, 0) is 19.9 Å². The van der Waals surface area contributed by atoms with Crippen molar-refractivity contribution in [1.82, 2.24) is 0 Å². The number of halogens is 1. The van der Waals surface area contributed by atoms with E-state index in [9.17, 15) is 9.18 Å². The van der Waals surface area contributed by atoms with Crippen LogP contribution in [0.15, 0.2) is 66.7 Å². The van der Waals surface area contributed by atoms with Gasteiger partial charge in [0.1, 0.15) is 11.6 Å². The Kier molecular flexibility index (Phi) is 26.1. The zero-order chi connectivity index (χ0) is 43.1. The van der Waals surface area contributed by atoms with Crippen molar-refractivity contribution in [2.45, 2.75) is 205 Å². The summed E-state index contributed by atoms with van der Waals surface area (Å²) in [4.78, 5) is 12.8. The zero-order valence-corrected chi connectivity index (χ0v) is 38.5. The van der Waals surface area contributed by atoms with E-state index >= 15 is 0 Å². The Labute approximate surface area is 371 Å². The fourth-order valence-corrected chi connectivity index (χ4v) is 9.18. The summed E-state index contributed by atoms with van der Waals surface area (Å²) in [7, 11) is 0. The molecule has 2 N–H and O–H groups in total. The number of ether oxygens (including phenoxy) is 3. The van der Waals surface area contributed by atoms with Gasteiger partial charge in [-0.15, -0.1) is 0 Å². The van der Waals surface area contributed by atoms with E-state index in [0.717, 1.165) is 48.3 Å². The average Bonchev–Trinajstić information content (AvgIpc) is 3.55. The van der Waals surface area contributed by atoms with Crippen molar-refractivity contribution in [2.75, 3.05) is 26.4 Å². The third-order valence-corrected chi connectivity index (χ3v) is 12.7. The summed E-state index contributed by atoms with van der Waals surface area (Å²) < 4.78 is 32.9. The van der Waals surface area contributed by atoms with Gasteiger partial charge in [-0.2, -0.15) is 0 Å². The van der Waals surface area contributed by atoms with Crippen molar-refractivity contribution >= 4 is 5.97 Å². The molecule has 0 aliphatic heterocycles. The summed E-state index contributed by atoms with van der Waals surface area (Å²) in [6.07, 6.45) is 40.8. The molecule has 0 bridgehead atoms. The summed E-state index contributed by atoms with van der Waals surface area (Å²) in [5.41, 5.74) is 8.36. The highest BCUT2D eigenvalue weighted by Gasteiger charge is 2.48. The lowest BCUT2D eigenvalue weighted by molar-refractivity contribution is -0.151. The van der Waals surface area contributed by atoms with Gasteiger partial charge >= 0.3 is 5.97 Å². The number of unbranched alkanes of at least 4 members (excludes halogenated alkanes) is 28. The number of carbonyl (C=O) groups excluding carboxylic acids is 1. The molecule has 5 nitrogen and oxygen atoms in total. The number of carbonyl (C=O) groups is 1. The molecule has 3 aromatic rings. The van der Waals surface area contributed by atoms with Gasteiger partial charge in [-0.05, 0) is 54.7 Å². The SMILES string of the molecule is CCCCCCCCCCCCCCCCCCCCCCOCCCCCCCCCCCCOc1ccc2c(c1)C(OC(=O)CN)(c1cccc(F)c1)c1ccccc1-2. The Bertz CT molecular complexity index is 1590.